The van der Waals surface area contributed by atoms with Crippen molar-refractivity contribution >= 4 is 18.0 Å². The Morgan fingerprint density at radius 2 is 1.92 bits per heavy atom. The van der Waals surface area contributed by atoms with Gasteiger partial charge in [-0.3, -0.25) is 15.0 Å². The Balaban J connectivity index is 1.39. The first-order valence-corrected chi connectivity index (χ1v) is 12.6. The van der Waals surface area contributed by atoms with Gasteiger partial charge in [-0.2, -0.15) is 0 Å². The van der Waals surface area contributed by atoms with Gasteiger partial charge in [0.25, 0.3) is 0 Å². The Morgan fingerprint density at radius 3 is 2.67 bits per heavy atom. The van der Waals surface area contributed by atoms with E-state index < -0.39 is 23.9 Å². The third-order valence-electron chi connectivity index (χ3n) is 6.81. The molecule has 0 aliphatic carbocycles. The Hall–Kier alpha value is -3.47. The van der Waals surface area contributed by atoms with Crippen LogP contribution in [-0.2, 0) is 33.9 Å². The first-order valence-electron chi connectivity index (χ1n) is 12.6. The SMILES string of the molecule is O=C(O)CCN(NC(=O)C1CCCn2c(CCC3CCNCC3)nnc21)C(=O)OCc1ccccc1. The number of carbonyl (C=O) groups excluding carboxylic acids is 2. The van der Waals surface area contributed by atoms with E-state index in [1.807, 2.05) is 34.9 Å². The standard InChI is InChI=1S/C25H34N6O5/c32-22(33)12-16-31(25(35)36-17-19-5-2-1-3-6-19)29-24(34)20-7-4-15-30-21(27-28-23(20)30)9-8-18-10-13-26-14-11-18/h1-3,5-6,18,20,26H,4,7-17H2,(H,29,34)(H,32,33). The van der Waals surface area contributed by atoms with Crippen LogP contribution in [0.3, 0.4) is 0 Å². The number of carboxylic acids is 1. The van der Waals surface area contributed by atoms with Crippen molar-refractivity contribution < 1.29 is 24.2 Å². The van der Waals surface area contributed by atoms with Gasteiger partial charge in [-0.15, -0.1) is 10.2 Å². The molecule has 1 atom stereocenters. The Kier molecular flexibility index (Phi) is 8.88. The van der Waals surface area contributed by atoms with Crippen LogP contribution in [0.15, 0.2) is 30.3 Å². The van der Waals surface area contributed by atoms with Crippen LogP contribution in [0.5, 0.6) is 0 Å². The first kappa shape index (κ1) is 25.6. The normalized spacial score (nSPS) is 17.7. The van der Waals surface area contributed by atoms with Crippen molar-refractivity contribution in [3.63, 3.8) is 0 Å². The summed E-state index contributed by atoms with van der Waals surface area (Å²) in [6, 6.07) is 9.13. The number of amides is 2. The van der Waals surface area contributed by atoms with Gasteiger partial charge in [0.2, 0.25) is 5.91 Å². The predicted octanol–water partition coefficient (Wildman–Crippen LogP) is 2.23. The van der Waals surface area contributed by atoms with Crippen molar-refractivity contribution in [3.05, 3.63) is 47.5 Å². The van der Waals surface area contributed by atoms with E-state index in [9.17, 15) is 14.4 Å². The summed E-state index contributed by atoms with van der Waals surface area (Å²) in [6.45, 7) is 2.66. The molecule has 2 aromatic rings. The third-order valence-corrected chi connectivity index (χ3v) is 6.81. The van der Waals surface area contributed by atoms with Gasteiger partial charge in [0.15, 0.2) is 0 Å². The maximum Gasteiger partial charge on any atom is 0.429 e. The number of nitrogens with zero attached hydrogens (tertiary/aromatic N) is 4. The van der Waals surface area contributed by atoms with Crippen LogP contribution in [-0.4, -0.2) is 62.5 Å². The van der Waals surface area contributed by atoms with Gasteiger partial charge >= 0.3 is 12.1 Å². The zero-order chi connectivity index (χ0) is 25.3. The highest BCUT2D eigenvalue weighted by atomic mass is 16.6. The molecule has 0 bridgehead atoms. The number of aryl methyl sites for hydroxylation is 1. The second-order valence-electron chi connectivity index (χ2n) is 9.36. The lowest BCUT2D eigenvalue weighted by Crippen LogP contribution is -2.49. The fourth-order valence-corrected chi connectivity index (χ4v) is 4.78. The number of piperidine rings is 1. The number of ether oxygens (including phenoxy) is 1. The molecule has 0 saturated carbocycles. The molecule has 3 heterocycles. The molecule has 36 heavy (non-hydrogen) atoms. The highest BCUT2D eigenvalue weighted by molar-refractivity contribution is 5.84. The molecular formula is C25H34N6O5. The minimum Gasteiger partial charge on any atom is -0.481 e. The van der Waals surface area contributed by atoms with E-state index in [4.69, 9.17) is 9.84 Å². The molecule has 3 N–H and O–H groups in total. The number of aliphatic carboxylic acids is 1. The second-order valence-corrected chi connectivity index (χ2v) is 9.36. The number of hydrogen-bond acceptors (Lipinski definition) is 7. The third kappa shape index (κ3) is 6.81. The van der Waals surface area contributed by atoms with Gasteiger partial charge in [0.1, 0.15) is 18.3 Å². The van der Waals surface area contributed by atoms with Crippen molar-refractivity contribution in [1.29, 1.82) is 0 Å². The number of benzene rings is 1. The second kappa shape index (κ2) is 12.5. The Morgan fingerprint density at radius 1 is 1.14 bits per heavy atom. The minimum atomic E-state index is -1.08. The average Bonchev–Trinajstić information content (AvgIpc) is 3.32. The Bertz CT molecular complexity index is 1040. The monoisotopic (exact) mass is 498 g/mol. The summed E-state index contributed by atoms with van der Waals surface area (Å²) in [7, 11) is 0. The molecule has 1 aromatic carbocycles. The van der Waals surface area contributed by atoms with E-state index in [-0.39, 0.29) is 19.6 Å². The van der Waals surface area contributed by atoms with E-state index in [1.54, 1.807) is 0 Å². The maximum atomic E-state index is 13.2. The van der Waals surface area contributed by atoms with Gasteiger partial charge in [-0.05, 0) is 56.7 Å². The number of carboxylic acid groups (broad SMARTS) is 1. The van der Waals surface area contributed by atoms with Gasteiger partial charge < -0.3 is 19.7 Å². The van der Waals surface area contributed by atoms with Crippen LogP contribution in [0, 0.1) is 5.92 Å². The molecule has 2 amide bonds. The quantitative estimate of drug-likeness (QED) is 0.448. The fraction of sp³-hybridized carbons (Fsp3) is 0.560. The van der Waals surface area contributed by atoms with Crippen molar-refractivity contribution in [3.8, 4) is 0 Å². The zero-order valence-electron chi connectivity index (χ0n) is 20.4. The van der Waals surface area contributed by atoms with Crippen LogP contribution < -0.4 is 10.7 Å². The maximum absolute atomic E-state index is 13.2. The molecule has 2 aliphatic rings. The van der Waals surface area contributed by atoms with Crippen molar-refractivity contribution in [1.82, 2.24) is 30.5 Å². The fourth-order valence-electron chi connectivity index (χ4n) is 4.78. The number of carbonyl (C=O) groups is 3. The average molecular weight is 499 g/mol. The number of fused-ring (bicyclic) bond motifs is 1. The molecule has 1 unspecified atom stereocenters. The van der Waals surface area contributed by atoms with E-state index in [1.165, 1.54) is 12.8 Å². The molecule has 0 spiro atoms. The summed E-state index contributed by atoms with van der Waals surface area (Å²) in [5, 5.41) is 22.1. The predicted molar refractivity (Wildman–Crippen MR) is 130 cm³/mol. The lowest BCUT2D eigenvalue weighted by Gasteiger charge is -2.27. The number of hydrazine groups is 1. The molecule has 2 aliphatic heterocycles. The summed E-state index contributed by atoms with van der Waals surface area (Å²) in [5.74, 6) is 0.0804. The summed E-state index contributed by atoms with van der Waals surface area (Å²) in [5.41, 5.74) is 3.37. The highest BCUT2D eigenvalue weighted by Crippen LogP contribution is 2.28. The molecule has 1 fully saturated rings. The smallest absolute Gasteiger partial charge is 0.429 e. The Labute approximate surface area is 210 Å². The molecular weight excluding hydrogens is 464 g/mol. The van der Waals surface area contributed by atoms with Gasteiger partial charge in [0, 0.05) is 13.0 Å². The van der Waals surface area contributed by atoms with E-state index in [0.29, 0.717) is 18.2 Å². The van der Waals surface area contributed by atoms with Crippen molar-refractivity contribution in [2.24, 2.45) is 5.92 Å². The van der Waals surface area contributed by atoms with Crippen LogP contribution in [0.1, 0.15) is 61.7 Å². The number of rotatable bonds is 9. The molecule has 0 radical (unpaired) electrons. The largest absolute Gasteiger partial charge is 0.481 e. The summed E-state index contributed by atoms with van der Waals surface area (Å²) < 4.78 is 7.35. The van der Waals surface area contributed by atoms with E-state index in [2.05, 4.69) is 20.9 Å². The highest BCUT2D eigenvalue weighted by Gasteiger charge is 2.33. The minimum absolute atomic E-state index is 0.0112. The summed E-state index contributed by atoms with van der Waals surface area (Å²) in [4.78, 5) is 37.0. The van der Waals surface area contributed by atoms with Crippen LogP contribution in [0.25, 0.3) is 0 Å². The van der Waals surface area contributed by atoms with Gasteiger partial charge in [-0.1, -0.05) is 30.3 Å². The lowest BCUT2D eigenvalue weighted by molar-refractivity contribution is -0.138. The first-order chi connectivity index (χ1) is 17.5. The van der Waals surface area contributed by atoms with E-state index >= 15 is 0 Å². The molecule has 4 rings (SSSR count). The molecule has 1 aromatic heterocycles. The van der Waals surface area contributed by atoms with Crippen LogP contribution in [0.4, 0.5) is 4.79 Å². The number of hydrogen-bond donors (Lipinski definition) is 3. The van der Waals surface area contributed by atoms with Crippen molar-refractivity contribution in [2.45, 2.75) is 64.0 Å². The molecule has 11 nitrogen and oxygen atoms in total. The van der Waals surface area contributed by atoms with Gasteiger partial charge in [0.05, 0.1) is 18.9 Å². The lowest BCUT2D eigenvalue weighted by atomic mass is 9.93. The van der Waals surface area contributed by atoms with Gasteiger partial charge in [-0.25, -0.2) is 9.80 Å². The van der Waals surface area contributed by atoms with Crippen molar-refractivity contribution in [2.75, 3.05) is 19.6 Å². The number of aromatic nitrogens is 3. The summed E-state index contributed by atoms with van der Waals surface area (Å²) in [6.07, 6.45) is 4.42. The zero-order valence-corrected chi connectivity index (χ0v) is 20.4. The van der Waals surface area contributed by atoms with Crippen LogP contribution >= 0.6 is 0 Å². The molecule has 11 heteroatoms. The summed E-state index contributed by atoms with van der Waals surface area (Å²) >= 11 is 0. The van der Waals surface area contributed by atoms with E-state index in [0.717, 1.165) is 55.3 Å². The molecule has 1 saturated heterocycles. The number of nitrogens with one attached hydrogen (secondary N) is 2. The topological polar surface area (TPSA) is 139 Å². The molecule has 194 valence electrons. The van der Waals surface area contributed by atoms with Crippen LogP contribution in [0.2, 0.25) is 0 Å².